The number of hydrogen-bond acceptors (Lipinski definition) is 4. The van der Waals surface area contributed by atoms with E-state index in [-0.39, 0.29) is 11.7 Å². The van der Waals surface area contributed by atoms with Crippen molar-refractivity contribution in [3.63, 3.8) is 0 Å². The maximum atomic E-state index is 11.7. The van der Waals surface area contributed by atoms with Crippen LogP contribution in [0.3, 0.4) is 0 Å². The summed E-state index contributed by atoms with van der Waals surface area (Å²) in [6.07, 6.45) is 4.74. The van der Waals surface area contributed by atoms with Gasteiger partial charge in [0.05, 0.1) is 28.9 Å². The maximum absolute atomic E-state index is 11.7. The van der Waals surface area contributed by atoms with Gasteiger partial charge in [0.15, 0.2) is 16.1 Å². The lowest BCUT2D eigenvalue weighted by atomic mass is 10.0. The van der Waals surface area contributed by atoms with Crippen LogP contribution in [0.4, 0.5) is 0 Å². The molecule has 0 N–H and O–H groups in total. The molecule has 0 spiro atoms. The summed E-state index contributed by atoms with van der Waals surface area (Å²) in [7, 11) is -2.91. The molecule has 20 heavy (non-hydrogen) atoms. The van der Waals surface area contributed by atoms with E-state index in [2.05, 4.69) is 4.98 Å². The van der Waals surface area contributed by atoms with Gasteiger partial charge in [-0.3, -0.25) is 9.20 Å². The Labute approximate surface area is 117 Å². The highest BCUT2D eigenvalue weighted by Gasteiger charge is 2.26. The second kappa shape index (κ2) is 5.01. The van der Waals surface area contributed by atoms with E-state index in [0.717, 1.165) is 30.5 Å². The van der Waals surface area contributed by atoms with E-state index >= 15 is 0 Å². The summed E-state index contributed by atoms with van der Waals surface area (Å²) in [5, 5.41) is 0. The monoisotopic (exact) mass is 292 g/mol. The van der Waals surface area contributed by atoms with E-state index in [1.807, 2.05) is 16.5 Å². The molecule has 2 aromatic rings. The molecule has 0 aliphatic carbocycles. The molecule has 1 aliphatic heterocycles. The predicted octanol–water partition coefficient (Wildman–Crippen LogP) is 1.51. The van der Waals surface area contributed by atoms with Crippen molar-refractivity contribution in [1.82, 2.24) is 9.38 Å². The largest absolute Gasteiger partial charge is 0.296 e. The summed E-state index contributed by atoms with van der Waals surface area (Å²) < 4.78 is 25.2. The zero-order valence-electron chi connectivity index (χ0n) is 11.0. The van der Waals surface area contributed by atoms with Crippen LogP contribution in [0.25, 0.3) is 5.52 Å². The molecule has 0 radical (unpaired) electrons. The second-order valence-electron chi connectivity index (χ2n) is 5.33. The predicted molar refractivity (Wildman–Crippen MR) is 75.7 cm³/mol. The molecule has 1 aliphatic rings. The molecular formula is C14H16N2O3S. The number of hydrogen-bond donors (Lipinski definition) is 0. The first kappa shape index (κ1) is 13.3. The lowest BCUT2D eigenvalue weighted by Gasteiger charge is -2.21. The average Bonchev–Trinajstić information content (AvgIpc) is 2.81. The van der Waals surface area contributed by atoms with Gasteiger partial charge < -0.3 is 0 Å². The van der Waals surface area contributed by atoms with Gasteiger partial charge in [0.1, 0.15) is 5.82 Å². The third-order valence-electron chi connectivity index (χ3n) is 3.80. The highest BCUT2D eigenvalue weighted by Crippen LogP contribution is 2.23. The Bertz CT molecular complexity index is 749. The molecule has 1 unspecified atom stereocenters. The first-order valence-corrected chi connectivity index (χ1v) is 8.52. The minimum absolute atomic E-state index is 0.0964. The van der Waals surface area contributed by atoms with Crippen LogP contribution in [0.1, 0.15) is 29.2 Å². The van der Waals surface area contributed by atoms with Gasteiger partial charge >= 0.3 is 0 Å². The molecule has 1 atom stereocenters. The quantitative estimate of drug-likeness (QED) is 0.804. The van der Waals surface area contributed by atoms with E-state index in [4.69, 9.17) is 0 Å². The van der Waals surface area contributed by atoms with Crippen molar-refractivity contribution in [3.05, 3.63) is 35.9 Å². The third-order valence-corrected chi connectivity index (χ3v) is 5.69. The molecule has 3 heterocycles. The number of carbonyl (C=O) groups excluding carboxylic acids is 1. The van der Waals surface area contributed by atoms with Crippen molar-refractivity contribution in [2.75, 3.05) is 11.5 Å². The highest BCUT2D eigenvalue weighted by molar-refractivity contribution is 7.91. The van der Waals surface area contributed by atoms with Gasteiger partial charge in [0.25, 0.3) is 0 Å². The zero-order chi connectivity index (χ0) is 14.2. The van der Waals surface area contributed by atoms with Crippen LogP contribution in [0.2, 0.25) is 0 Å². The SMILES string of the molecule is O=Cc1cccc2cnc(CC3CCCS(=O)(=O)C3)n12. The van der Waals surface area contributed by atoms with E-state index in [1.165, 1.54) is 0 Å². The van der Waals surface area contributed by atoms with Crippen LogP contribution in [0.5, 0.6) is 0 Å². The minimum atomic E-state index is -2.91. The highest BCUT2D eigenvalue weighted by atomic mass is 32.2. The van der Waals surface area contributed by atoms with Gasteiger partial charge in [0, 0.05) is 6.42 Å². The van der Waals surface area contributed by atoms with Gasteiger partial charge in [-0.25, -0.2) is 13.4 Å². The molecule has 0 aromatic carbocycles. The summed E-state index contributed by atoms with van der Waals surface area (Å²) >= 11 is 0. The molecule has 0 saturated carbocycles. The molecule has 1 fully saturated rings. The molecular weight excluding hydrogens is 276 g/mol. The summed E-state index contributed by atoms with van der Waals surface area (Å²) in [6.45, 7) is 0. The standard InChI is InChI=1S/C14H16N2O3S/c17-9-13-5-1-4-12-8-15-14(16(12)13)7-11-3-2-6-20(18,19)10-11/h1,4-5,8-9,11H,2-3,6-7,10H2. The smallest absolute Gasteiger partial charge is 0.166 e. The van der Waals surface area contributed by atoms with Crippen LogP contribution in [-0.4, -0.2) is 35.6 Å². The number of sulfone groups is 1. The van der Waals surface area contributed by atoms with E-state index < -0.39 is 9.84 Å². The molecule has 5 nitrogen and oxygen atoms in total. The van der Waals surface area contributed by atoms with Crippen LogP contribution in [-0.2, 0) is 16.3 Å². The van der Waals surface area contributed by atoms with Gasteiger partial charge in [-0.05, 0) is 30.9 Å². The number of fused-ring (bicyclic) bond motifs is 1. The van der Waals surface area contributed by atoms with Crippen molar-refractivity contribution in [1.29, 1.82) is 0 Å². The van der Waals surface area contributed by atoms with Gasteiger partial charge in [-0.2, -0.15) is 0 Å². The van der Waals surface area contributed by atoms with Crippen LogP contribution in [0.15, 0.2) is 24.4 Å². The fraction of sp³-hybridized carbons (Fsp3) is 0.429. The fourth-order valence-electron chi connectivity index (χ4n) is 2.91. The Morgan fingerprint density at radius 1 is 1.40 bits per heavy atom. The van der Waals surface area contributed by atoms with Crippen molar-refractivity contribution >= 4 is 21.6 Å². The Kier molecular flexibility index (Phi) is 3.33. The molecule has 3 rings (SSSR count). The van der Waals surface area contributed by atoms with Crippen LogP contribution in [0, 0.1) is 5.92 Å². The summed E-state index contributed by atoms with van der Waals surface area (Å²) in [6, 6.07) is 5.44. The van der Waals surface area contributed by atoms with Gasteiger partial charge in [-0.1, -0.05) is 6.07 Å². The zero-order valence-corrected chi connectivity index (χ0v) is 11.8. The number of aromatic nitrogens is 2. The van der Waals surface area contributed by atoms with Crippen molar-refractivity contribution in [3.8, 4) is 0 Å². The van der Waals surface area contributed by atoms with E-state index in [9.17, 15) is 13.2 Å². The number of pyridine rings is 1. The summed E-state index contributed by atoms with van der Waals surface area (Å²) in [5.74, 6) is 1.39. The molecule has 0 amide bonds. The van der Waals surface area contributed by atoms with Crippen molar-refractivity contribution < 1.29 is 13.2 Å². The third kappa shape index (κ3) is 2.47. The molecule has 2 aromatic heterocycles. The molecule has 106 valence electrons. The van der Waals surface area contributed by atoms with E-state index in [0.29, 0.717) is 17.9 Å². The number of rotatable bonds is 3. The van der Waals surface area contributed by atoms with E-state index in [1.54, 1.807) is 12.3 Å². The lowest BCUT2D eigenvalue weighted by Crippen LogP contribution is -2.27. The van der Waals surface area contributed by atoms with Crippen LogP contribution >= 0.6 is 0 Å². The van der Waals surface area contributed by atoms with Crippen molar-refractivity contribution in [2.45, 2.75) is 19.3 Å². The molecule has 6 heteroatoms. The lowest BCUT2D eigenvalue weighted by molar-refractivity contribution is 0.111. The van der Waals surface area contributed by atoms with Crippen LogP contribution < -0.4 is 0 Å². The summed E-state index contributed by atoms with van der Waals surface area (Å²) in [4.78, 5) is 15.5. The Balaban J connectivity index is 1.93. The molecule has 0 bridgehead atoms. The second-order valence-corrected chi connectivity index (χ2v) is 7.56. The Hall–Kier alpha value is -1.69. The van der Waals surface area contributed by atoms with Crippen molar-refractivity contribution in [2.24, 2.45) is 5.92 Å². The topological polar surface area (TPSA) is 68.5 Å². The molecule has 1 saturated heterocycles. The Morgan fingerprint density at radius 3 is 3.00 bits per heavy atom. The average molecular weight is 292 g/mol. The maximum Gasteiger partial charge on any atom is 0.166 e. The fourth-order valence-corrected chi connectivity index (χ4v) is 4.69. The summed E-state index contributed by atoms with van der Waals surface area (Å²) in [5.41, 5.74) is 1.41. The first-order chi connectivity index (χ1) is 9.59. The Morgan fingerprint density at radius 2 is 2.25 bits per heavy atom. The number of carbonyl (C=O) groups is 1. The normalized spacial score (nSPS) is 21.9. The minimum Gasteiger partial charge on any atom is -0.296 e. The van der Waals surface area contributed by atoms with Gasteiger partial charge in [0.2, 0.25) is 0 Å². The van der Waals surface area contributed by atoms with Gasteiger partial charge in [-0.15, -0.1) is 0 Å². The number of imidazole rings is 1. The first-order valence-electron chi connectivity index (χ1n) is 6.70. The number of aldehydes is 1. The number of nitrogens with zero attached hydrogens (tertiary/aromatic N) is 2.